The molecule has 0 unspecified atom stereocenters. The maximum atomic E-state index is 12.0. The topological polar surface area (TPSA) is 68.7 Å². The van der Waals surface area contributed by atoms with Crippen molar-refractivity contribution in [3.05, 3.63) is 11.1 Å². The Balaban J connectivity index is 2.71. The fraction of sp³-hybridized carbons (Fsp3) is 0.643. The summed E-state index contributed by atoms with van der Waals surface area (Å²) in [7, 11) is 1.36. The second-order valence-corrected chi connectivity index (χ2v) is 6.42. The van der Waals surface area contributed by atoms with E-state index in [9.17, 15) is 9.59 Å². The number of carbonyl (C=O) groups excluding carboxylic acids is 2. The van der Waals surface area contributed by atoms with Gasteiger partial charge in [0, 0.05) is 13.1 Å². The van der Waals surface area contributed by atoms with Gasteiger partial charge in [0.25, 0.3) is 0 Å². The van der Waals surface area contributed by atoms with Gasteiger partial charge in [0.2, 0.25) is 0 Å². The van der Waals surface area contributed by atoms with Crippen LogP contribution in [-0.4, -0.2) is 42.7 Å². The number of hydrogen-bond donors (Lipinski definition) is 0. The van der Waals surface area contributed by atoms with Crippen molar-refractivity contribution in [3.8, 4) is 0 Å². The molecule has 0 aromatic carbocycles. The lowest BCUT2D eigenvalue weighted by atomic mass is 10.2. The molecule has 7 heteroatoms. The molecule has 0 saturated carbocycles. The number of aromatic nitrogens is 1. The Kier molecular flexibility index (Phi) is 6.14. The molecule has 118 valence electrons. The molecule has 21 heavy (non-hydrogen) atoms. The molecule has 0 N–H and O–H groups in total. The highest BCUT2D eigenvalue weighted by Gasteiger charge is 2.21. The molecule has 1 aromatic heterocycles. The lowest BCUT2D eigenvalue weighted by Crippen LogP contribution is -2.26. The summed E-state index contributed by atoms with van der Waals surface area (Å²) in [6.45, 7) is 8.62. The normalized spacial score (nSPS) is 11.1. The summed E-state index contributed by atoms with van der Waals surface area (Å²) < 4.78 is 9.93. The van der Waals surface area contributed by atoms with Gasteiger partial charge in [0.05, 0.1) is 19.7 Å². The lowest BCUT2D eigenvalue weighted by molar-refractivity contribution is -0.140. The minimum absolute atomic E-state index is 0.266. The zero-order valence-electron chi connectivity index (χ0n) is 13.1. The van der Waals surface area contributed by atoms with Crippen molar-refractivity contribution < 1.29 is 19.1 Å². The summed E-state index contributed by atoms with van der Waals surface area (Å²) in [6.07, 6.45) is 1.79. The summed E-state index contributed by atoms with van der Waals surface area (Å²) in [5.41, 5.74) is -0.531. The van der Waals surface area contributed by atoms with E-state index < -0.39 is 5.60 Å². The van der Waals surface area contributed by atoms with Gasteiger partial charge in [-0.25, -0.2) is 9.78 Å². The number of rotatable bonds is 6. The molecular formula is C14H22N2O4S. The summed E-state index contributed by atoms with van der Waals surface area (Å²) in [5, 5.41) is 0.697. The molecule has 0 aliphatic heterocycles. The lowest BCUT2D eigenvalue weighted by Gasteiger charge is -2.19. The molecule has 0 aliphatic rings. The predicted octanol–water partition coefficient (Wildman–Crippen LogP) is 2.49. The number of ether oxygens (including phenoxy) is 2. The van der Waals surface area contributed by atoms with Crippen LogP contribution in [0.15, 0.2) is 6.20 Å². The van der Waals surface area contributed by atoms with Crippen molar-refractivity contribution >= 4 is 28.4 Å². The van der Waals surface area contributed by atoms with E-state index >= 15 is 0 Å². The predicted molar refractivity (Wildman–Crippen MR) is 81.8 cm³/mol. The van der Waals surface area contributed by atoms with E-state index in [0.29, 0.717) is 23.1 Å². The molecule has 1 aromatic rings. The highest BCUT2D eigenvalue weighted by atomic mass is 32.1. The molecule has 1 rings (SSSR count). The molecule has 0 fully saturated rings. The number of nitrogens with zero attached hydrogens (tertiary/aromatic N) is 2. The van der Waals surface area contributed by atoms with E-state index in [-0.39, 0.29) is 18.4 Å². The molecule has 0 bridgehead atoms. The molecular weight excluding hydrogens is 292 g/mol. The summed E-state index contributed by atoms with van der Waals surface area (Å²) in [4.78, 5) is 29.8. The van der Waals surface area contributed by atoms with Gasteiger partial charge in [0.1, 0.15) is 10.5 Å². The fourth-order valence-corrected chi connectivity index (χ4v) is 2.43. The Labute approximate surface area is 129 Å². The summed E-state index contributed by atoms with van der Waals surface area (Å²) in [5.74, 6) is -0.646. The smallest absolute Gasteiger partial charge is 0.350 e. The van der Waals surface area contributed by atoms with E-state index in [2.05, 4.69) is 9.72 Å². The Hall–Kier alpha value is -1.63. The van der Waals surface area contributed by atoms with Crippen LogP contribution in [0, 0.1) is 0 Å². The van der Waals surface area contributed by atoms with Gasteiger partial charge in [-0.1, -0.05) is 11.3 Å². The van der Waals surface area contributed by atoms with Gasteiger partial charge < -0.3 is 14.4 Å². The molecule has 0 radical (unpaired) electrons. The van der Waals surface area contributed by atoms with Crippen LogP contribution >= 0.6 is 11.3 Å². The van der Waals surface area contributed by atoms with Crippen LogP contribution in [0.5, 0.6) is 0 Å². The van der Waals surface area contributed by atoms with E-state index in [0.717, 1.165) is 0 Å². The number of thiazole rings is 1. The zero-order chi connectivity index (χ0) is 16.0. The quantitative estimate of drug-likeness (QED) is 0.751. The van der Waals surface area contributed by atoms with Crippen molar-refractivity contribution in [2.75, 3.05) is 25.1 Å². The average Bonchev–Trinajstić information content (AvgIpc) is 2.87. The standard InChI is InChI=1S/C14H22N2O4S/c1-6-16(8-7-11(17)19-5)13-15-9-10(21-13)12(18)20-14(2,3)4/h9H,6-8H2,1-5H3. The van der Waals surface area contributed by atoms with Crippen LogP contribution in [0.3, 0.4) is 0 Å². The number of anilines is 1. The van der Waals surface area contributed by atoms with E-state index in [1.807, 2.05) is 32.6 Å². The molecule has 0 amide bonds. The highest BCUT2D eigenvalue weighted by Crippen LogP contribution is 2.24. The minimum Gasteiger partial charge on any atom is -0.469 e. The number of carbonyl (C=O) groups is 2. The van der Waals surface area contributed by atoms with Gasteiger partial charge in [-0.2, -0.15) is 0 Å². The second kappa shape index (κ2) is 7.40. The van der Waals surface area contributed by atoms with Crippen molar-refractivity contribution in [3.63, 3.8) is 0 Å². The van der Waals surface area contributed by atoms with Crippen LogP contribution < -0.4 is 4.90 Å². The number of methoxy groups -OCH3 is 1. The fourth-order valence-electron chi connectivity index (χ4n) is 1.55. The Morgan fingerprint density at radius 2 is 2.05 bits per heavy atom. The van der Waals surface area contributed by atoms with Crippen LogP contribution in [-0.2, 0) is 14.3 Å². The first-order valence-corrected chi connectivity index (χ1v) is 7.59. The molecule has 0 atom stereocenters. The van der Waals surface area contributed by atoms with Gasteiger partial charge in [-0.05, 0) is 27.7 Å². The van der Waals surface area contributed by atoms with E-state index in [1.165, 1.54) is 24.6 Å². The first-order valence-electron chi connectivity index (χ1n) is 6.77. The average molecular weight is 314 g/mol. The van der Waals surface area contributed by atoms with Crippen LogP contribution in [0.2, 0.25) is 0 Å². The zero-order valence-corrected chi connectivity index (χ0v) is 14.0. The third-order valence-electron chi connectivity index (χ3n) is 2.56. The maximum absolute atomic E-state index is 12.0. The highest BCUT2D eigenvalue weighted by molar-refractivity contribution is 7.17. The van der Waals surface area contributed by atoms with Crippen molar-refractivity contribution in [2.24, 2.45) is 0 Å². The minimum atomic E-state index is -0.531. The van der Waals surface area contributed by atoms with Crippen LogP contribution in [0.25, 0.3) is 0 Å². The maximum Gasteiger partial charge on any atom is 0.350 e. The van der Waals surface area contributed by atoms with E-state index in [4.69, 9.17) is 4.74 Å². The largest absolute Gasteiger partial charge is 0.469 e. The Bertz CT molecular complexity index is 493. The third-order valence-corrected chi connectivity index (χ3v) is 3.60. The van der Waals surface area contributed by atoms with Gasteiger partial charge in [-0.3, -0.25) is 4.79 Å². The number of esters is 2. The molecule has 0 saturated heterocycles. The molecule has 0 aliphatic carbocycles. The first-order chi connectivity index (χ1) is 9.76. The van der Waals surface area contributed by atoms with Crippen LogP contribution in [0.4, 0.5) is 5.13 Å². The van der Waals surface area contributed by atoms with Gasteiger partial charge >= 0.3 is 11.9 Å². The van der Waals surface area contributed by atoms with E-state index in [1.54, 1.807) is 0 Å². The van der Waals surface area contributed by atoms with Gasteiger partial charge in [0.15, 0.2) is 5.13 Å². The third kappa shape index (κ3) is 5.71. The van der Waals surface area contributed by atoms with Crippen molar-refractivity contribution in [1.29, 1.82) is 0 Å². The monoisotopic (exact) mass is 314 g/mol. The molecule has 1 heterocycles. The van der Waals surface area contributed by atoms with Gasteiger partial charge in [-0.15, -0.1) is 0 Å². The van der Waals surface area contributed by atoms with Crippen molar-refractivity contribution in [2.45, 2.75) is 39.7 Å². The first kappa shape index (κ1) is 17.4. The second-order valence-electron chi connectivity index (χ2n) is 5.41. The summed E-state index contributed by atoms with van der Waals surface area (Å²) in [6, 6.07) is 0. The van der Waals surface area contributed by atoms with Crippen LogP contribution in [0.1, 0.15) is 43.8 Å². The molecule has 6 nitrogen and oxygen atoms in total. The number of hydrogen-bond acceptors (Lipinski definition) is 7. The summed E-state index contributed by atoms with van der Waals surface area (Å²) >= 11 is 1.26. The van der Waals surface area contributed by atoms with Crippen molar-refractivity contribution in [1.82, 2.24) is 4.98 Å². The Morgan fingerprint density at radius 3 is 2.57 bits per heavy atom. The SMILES string of the molecule is CCN(CCC(=O)OC)c1ncc(C(=O)OC(C)(C)C)s1. The Morgan fingerprint density at radius 1 is 1.38 bits per heavy atom. The molecule has 0 spiro atoms.